The van der Waals surface area contributed by atoms with Gasteiger partial charge in [-0.25, -0.2) is 0 Å². The first-order valence-corrected chi connectivity index (χ1v) is 8.50. The maximum absolute atomic E-state index is 13.5. The number of hydrogen-bond donors (Lipinski definition) is 0. The first-order chi connectivity index (χ1) is 10.6. The molecule has 0 spiro atoms. The Morgan fingerprint density at radius 2 is 1.18 bits per heavy atom. The third kappa shape index (κ3) is 2.61. The highest BCUT2D eigenvalue weighted by atomic mass is 31.2. The Kier molecular flexibility index (Phi) is 3.92. The number of rotatable bonds is 4. The highest BCUT2D eigenvalue weighted by Gasteiger charge is 2.39. The summed E-state index contributed by atoms with van der Waals surface area (Å²) in [6.45, 7) is 0. The van der Waals surface area contributed by atoms with E-state index in [0.29, 0.717) is 15.7 Å². The molecule has 0 saturated carbocycles. The summed E-state index contributed by atoms with van der Waals surface area (Å²) in [4.78, 5) is 23.6. The standard InChI is InChI=1S/C16H14NO4P/c18-15-11-12-16(19)17(15)21-22(20,13-7-3-1-4-8-13)14-9-5-2-6-10-14/h1-10H,11-12H2. The largest absolute Gasteiger partial charge is 0.284 e. The Morgan fingerprint density at radius 1 is 0.773 bits per heavy atom. The summed E-state index contributed by atoms with van der Waals surface area (Å²) in [5.41, 5.74) is 0. The molecule has 5 nitrogen and oxygen atoms in total. The molecule has 3 rings (SSSR count). The number of hydrogen-bond acceptors (Lipinski definition) is 4. The highest BCUT2D eigenvalue weighted by molar-refractivity contribution is 7.74. The third-order valence-electron chi connectivity index (χ3n) is 3.39. The van der Waals surface area contributed by atoms with Crippen LogP contribution >= 0.6 is 7.37 Å². The lowest BCUT2D eigenvalue weighted by molar-refractivity contribution is -0.163. The number of amides is 2. The van der Waals surface area contributed by atoms with Gasteiger partial charge in [0.05, 0.1) is 0 Å². The molecule has 0 radical (unpaired) electrons. The summed E-state index contributed by atoms with van der Waals surface area (Å²) >= 11 is 0. The summed E-state index contributed by atoms with van der Waals surface area (Å²) in [5.74, 6) is -0.922. The fourth-order valence-electron chi connectivity index (χ4n) is 2.25. The first kappa shape index (κ1) is 14.7. The smallest absolute Gasteiger partial charge is 0.280 e. The van der Waals surface area contributed by atoms with E-state index in [4.69, 9.17) is 4.62 Å². The van der Waals surface area contributed by atoms with E-state index < -0.39 is 19.2 Å². The van der Waals surface area contributed by atoms with Crippen molar-refractivity contribution in [3.05, 3.63) is 60.7 Å². The fourth-order valence-corrected chi connectivity index (χ4v) is 4.28. The van der Waals surface area contributed by atoms with Crippen molar-refractivity contribution >= 4 is 29.8 Å². The van der Waals surface area contributed by atoms with E-state index in [9.17, 15) is 14.2 Å². The van der Waals surface area contributed by atoms with Gasteiger partial charge in [0, 0.05) is 23.5 Å². The normalized spacial score (nSPS) is 15.4. The maximum atomic E-state index is 13.5. The van der Waals surface area contributed by atoms with Crippen LogP contribution in [-0.2, 0) is 18.8 Å². The monoisotopic (exact) mass is 315 g/mol. The topological polar surface area (TPSA) is 63.7 Å². The minimum Gasteiger partial charge on any atom is -0.280 e. The van der Waals surface area contributed by atoms with Crippen LogP contribution in [0.25, 0.3) is 0 Å². The van der Waals surface area contributed by atoms with Gasteiger partial charge in [-0.2, -0.15) is 4.62 Å². The summed E-state index contributed by atoms with van der Waals surface area (Å²) < 4.78 is 19.0. The van der Waals surface area contributed by atoms with Crippen LogP contribution in [0.1, 0.15) is 12.8 Å². The van der Waals surface area contributed by atoms with Crippen LogP contribution in [0, 0.1) is 0 Å². The molecule has 2 aromatic rings. The Hall–Kier alpha value is -2.23. The summed E-state index contributed by atoms with van der Waals surface area (Å²) in [5, 5.41) is 1.53. The van der Waals surface area contributed by atoms with Crippen LogP contribution in [0.5, 0.6) is 0 Å². The van der Waals surface area contributed by atoms with Crippen LogP contribution in [0.2, 0.25) is 0 Å². The van der Waals surface area contributed by atoms with Gasteiger partial charge >= 0.3 is 0 Å². The minimum atomic E-state index is -3.56. The molecule has 0 aliphatic carbocycles. The first-order valence-electron chi connectivity index (χ1n) is 6.88. The van der Waals surface area contributed by atoms with Gasteiger partial charge < -0.3 is 0 Å². The zero-order valence-electron chi connectivity index (χ0n) is 11.7. The molecule has 2 amide bonds. The van der Waals surface area contributed by atoms with E-state index >= 15 is 0 Å². The molecule has 2 aromatic carbocycles. The van der Waals surface area contributed by atoms with Crippen molar-refractivity contribution in [2.75, 3.05) is 0 Å². The van der Waals surface area contributed by atoms with E-state index in [2.05, 4.69) is 0 Å². The lowest BCUT2D eigenvalue weighted by Crippen LogP contribution is -2.32. The van der Waals surface area contributed by atoms with E-state index in [1.807, 2.05) is 0 Å². The predicted molar refractivity (Wildman–Crippen MR) is 81.9 cm³/mol. The van der Waals surface area contributed by atoms with E-state index in [0.717, 1.165) is 0 Å². The van der Waals surface area contributed by atoms with Crippen molar-refractivity contribution in [3.63, 3.8) is 0 Å². The Labute approximate surface area is 127 Å². The zero-order valence-corrected chi connectivity index (χ0v) is 12.6. The van der Waals surface area contributed by atoms with Crippen molar-refractivity contribution < 1.29 is 18.8 Å². The van der Waals surface area contributed by atoms with Crippen molar-refractivity contribution in [2.45, 2.75) is 12.8 Å². The fraction of sp³-hybridized carbons (Fsp3) is 0.125. The summed E-state index contributed by atoms with van der Waals surface area (Å²) in [7, 11) is -3.56. The number of nitrogens with zero attached hydrogens (tertiary/aromatic N) is 1. The quantitative estimate of drug-likeness (QED) is 0.639. The van der Waals surface area contributed by atoms with Gasteiger partial charge in [-0.3, -0.25) is 14.2 Å². The molecule has 1 aliphatic heterocycles. The van der Waals surface area contributed by atoms with Gasteiger partial charge in [0.15, 0.2) is 0 Å². The average Bonchev–Trinajstić information content (AvgIpc) is 2.88. The molecule has 0 atom stereocenters. The summed E-state index contributed by atoms with van der Waals surface area (Å²) in [6.07, 6.45) is 0.171. The van der Waals surface area contributed by atoms with Crippen LogP contribution in [-0.4, -0.2) is 16.9 Å². The van der Waals surface area contributed by atoms with Crippen LogP contribution < -0.4 is 10.6 Å². The van der Waals surface area contributed by atoms with Crippen molar-refractivity contribution in [3.8, 4) is 0 Å². The molecule has 22 heavy (non-hydrogen) atoms. The molecule has 1 heterocycles. The van der Waals surface area contributed by atoms with E-state index in [1.165, 1.54) is 0 Å². The van der Waals surface area contributed by atoms with Gasteiger partial charge in [-0.05, 0) is 24.3 Å². The second-order valence-electron chi connectivity index (χ2n) is 4.89. The lowest BCUT2D eigenvalue weighted by atomic mass is 10.4. The van der Waals surface area contributed by atoms with Crippen LogP contribution in [0.4, 0.5) is 0 Å². The van der Waals surface area contributed by atoms with Gasteiger partial charge in [0.25, 0.3) is 19.2 Å². The Balaban J connectivity index is 2.06. The second-order valence-corrected chi connectivity index (χ2v) is 7.19. The number of carbonyl (C=O) groups is 2. The van der Waals surface area contributed by atoms with E-state index in [1.54, 1.807) is 60.7 Å². The van der Waals surface area contributed by atoms with Gasteiger partial charge in [0.2, 0.25) is 0 Å². The molecule has 1 aliphatic rings. The van der Waals surface area contributed by atoms with Crippen molar-refractivity contribution in [1.82, 2.24) is 5.06 Å². The maximum Gasteiger partial charge on any atom is 0.284 e. The van der Waals surface area contributed by atoms with Crippen LogP contribution in [0.15, 0.2) is 60.7 Å². The molecule has 1 fully saturated rings. The van der Waals surface area contributed by atoms with Gasteiger partial charge in [-0.15, -0.1) is 5.06 Å². The SMILES string of the molecule is O=C1CCC(=O)N1OP(=O)(c1ccccc1)c1ccccc1. The number of hydroxylamine groups is 2. The minimum absolute atomic E-state index is 0.0857. The third-order valence-corrected chi connectivity index (χ3v) is 5.74. The average molecular weight is 315 g/mol. The van der Waals surface area contributed by atoms with Crippen molar-refractivity contribution in [2.24, 2.45) is 0 Å². The molecule has 112 valence electrons. The molecule has 0 bridgehead atoms. The number of carbonyl (C=O) groups excluding carboxylic acids is 2. The highest BCUT2D eigenvalue weighted by Crippen LogP contribution is 2.46. The Morgan fingerprint density at radius 3 is 1.59 bits per heavy atom. The predicted octanol–water partition coefficient (Wildman–Crippen LogP) is 2.00. The second kappa shape index (κ2) is 5.87. The molecule has 1 saturated heterocycles. The molecule has 6 heteroatoms. The van der Waals surface area contributed by atoms with Gasteiger partial charge in [0.1, 0.15) is 0 Å². The van der Waals surface area contributed by atoms with Crippen LogP contribution in [0.3, 0.4) is 0 Å². The van der Waals surface area contributed by atoms with Gasteiger partial charge in [-0.1, -0.05) is 36.4 Å². The Bertz CT molecular complexity index is 686. The number of imide groups is 1. The molecular formula is C16H14NO4P. The lowest BCUT2D eigenvalue weighted by Gasteiger charge is -2.23. The molecular weight excluding hydrogens is 301 g/mol. The van der Waals surface area contributed by atoms with E-state index in [-0.39, 0.29) is 12.8 Å². The summed E-state index contributed by atoms with van der Waals surface area (Å²) in [6, 6.07) is 17.2. The molecule has 0 unspecified atom stereocenters. The number of benzene rings is 2. The zero-order chi connectivity index (χ0) is 15.6. The van der Waals surface area contributed by atoms with Crippen molar-refractivity contribution in [1.29, 1.82) is 0 Å². The molecule has 0 N–H and O–H groups in total. The molecule has 0 aromatic heterocycles.